The van der Waals surface area contributed by atoms with Crippen LogP contribution in [0.5, 0.6) is 11.5 Å². The lowest BCUT2D eigenvalue weighted by atomic mass is 9.91. The van der Waals surface area contributed by atoms with E-state index in [1.54, 1.807) is 30.9 Å². The first-order chi connectivity index (χ1) is 50.8. The summed E-state index contributed by atoms with van der Waals surface area (Å²) < 4.78 is 40.9. The second-order valence-electron chi connectivity index (χ2n) is 30.8. The zero-order valence-corrected chi connectivity index (χ0v) is 61.5. The highest BCUT2D eigenvalue weighted by Crippen LogP contribution is 2.48. The molecule has 10 heterocycles. The number of aromatic nitrogens is 4. The van der Waals surface area contributed by atoms with E-state index in [4.69, 9.17) is 58.2 Å². The third-order valence-electron chi connectivity index (χ3n) is 21.0. The fourth-order valence-electron chi connectivity index (χ4n) is 16.3. The molecule has 0 bridgehead atoms. The molecular weight excluding hydrogens is 1320 g/mol. The van der Waals surface area contributed by atoms with Crippen molar-refractivity contribution >= 4 is 62.6 Å². The number of hydrogen-bond donors (Lipinski definition) is 4. The Hall–Kier alpha value is -9.93. The zero-order chi connectivity index (χ0) is 72.8. The maximum atomic E-state index is 13.2. The number of aliphatic hydroxyl groups excluding tert-OH is 1. The molecule has 0 spiro atoms. The summed E-state index contributed by atoms with van der Waals surface area (Å²) in [6.45, 7) is 18.4. The number of amides is 3. The number of aliphatic imine (C=N–C) groups is 2. The number of aliphatic hydroxyl groups is 1. The molecule has 0 aliphatic carbocycles. The van der Waals surface area contributed by atoms with Gasteiger partial charge in [0.2, 0.25) is 0 Å². The second kappa shape index (κ2) is 29.5. The first-order valence-electron chi connectivity index (χ1n) is 37.0. The Morgan fingerprint density at radius 3 is 1.59 bits per heavy atom. The number of ether oxygens (including phenoxy) is 7. The maximum absolute atomic E-state index is 13.2. The first-order valence-corrected chi connectivity index (χ1v) is 37.0. The number of aromatic amines is 2. The van der Waals surface area contributed by atoms with E-state index in [1.807, 2.05) is 89.2 Å². The molecule has 8 aliphatic rings. The Bertz CT molecular complexity index is 4830. The van der Waals surface area contributed by atoms with Crippen molar-refractivity contribution in [3.05, 3.63) is 167 Å². The van der Waals surface area contributed by atoms with Crippen LogP contribution in [0, 0.1) is 11.8 Å². The maximum Gasteiger partial charge on any atom is 0.410 e. The molecule has 8 aliphatic heterocycles. The lowest BCUT2D eigenvalue weighted by molar-refractivity contribution is 0.0198. The Morgan fingerprint density at radius 1 is 0.581 bits per heavy atom. The van der Waals surface area contributed by atoms with E-state index in [1.165, 1.54) is 46.0 Å². The number of imidazole rings is 2. The van der Waals surface area contributed by atoms with Crippen LogP contribution in [0.25, 0.3) is 66.3 Å². The molecule has 0 saturated carbocycles. The molecule has 9 aromatic rings. The van der Waals surface area contributed by atoms with Gasteiger partial charge >= 0.3 is 18.3 Å². The molecule has 4 saturated heterocycles. The molecule has 3 amide bonds. The molecule has 105 heavy (non-hydrogen) atoms. The Kier molecular flexibility index (Phi) is 19.9. The van der Waals surface area contributed by atoms with E-state index in [0.717, 1.165) is 146 Å². The molecule has 21 nitrogen and oxygen atoms in total. The number of methoxy groups -OCH3 is 2. The average molecular weight is 1420 g/mol. The van der Waals surface area contributed by atoms with Gasteiger partial charge < -0.3 is 53.5 Å². The highest BCUT2D eigenvalue weighted by Gasteiger charge is 2.43. The number of hydrogen-bond acceptors (Lipinski definition) is 16. The molecule has 21 heteroatoms. The summed E-state index contributed by atoms with van der Waals surface area (Å²) in [5.41, 5.74) is 17.2. The van der Waals surface area contributed by atoms with Crippen molar-refractivity contribution in [1.29, 1.82) is 0 Å². The molecule has 0 unspecified atom stereocenters. The van der Waals surface area contributed by atoms with Gasteiger partial charge in [-0.2, -0.15) is 0 Å². The molecular formula is C84H94N10O11. The predicted octanol–water partition coefficient (Wildman–Crippen LogP) is 16.3. The van der Waals surface area contributed by atoms with Crippen LogP contribution in [0.2, 0.25) is 0 Å². The van der Waals surface area contributed by atoms with Crippen LogP contribution in [0.4, 0.5) is 25.8 Å². The third-order valence-corrected chi connectivity index (χ3v) is 21.0. The van der Waals surface area contributed by atoms with E-state index in [2.05, 4.69) is 100 Å². The zero-order valence-electron chi connectivity index (χ0n) is 61.5. The number of carbonyl (C=O) groups excluding carboxylic acids is 3. The Labute approximate surface area is 612 Å². The monoisotopic (exact) mass is 1420 g/mol. The van der Waals surface area contributed by atoms with E-state index < -0.39 is 11.2 Å². The van der Waals surface area contributed by atoms with E-state index in [-0.39, 0.29) is 61.5 Å². The summed E-state index contributed by atoms with van der Waals surface area (Å²) in [4.78, 5) is 71.6. The molecule has 17 rings (SSSR count). The number of nitrogens with zero attached hydrogens (tertiary/aromatic N) is 7. The number of H-pyrrole nitrogens is 2. The van der Waals surface area contributed by atoms with E-state index in [9.17, 15) is 14.4 Å². The predicted molar refractivity (Wildman–Crippen MR) is 406 cm³/mol. The van der Waals surface area contributed by atoms with Crippen LogP contribution in [0.15, 0.2) is 138 Å². The summed E-state index contributed by atoms with van der Waals surface area (Å²) in [6.07, 6.45) is 10.0. The van der Waals surface area contributed by atoms with E-state index in [0.29, 0.717) is 58.5 Å². The minimum Gasteiger partial charge on any atom is -0.488 e. The molecule has 6 atom stereocenters. The third kappa shape index (κ3) is 14.8. The summed E-state index contributed by atoms with van der Waals surface area (Å²) >= 11 is 0. The number of carbonyl (C=O) groups is 3. The largest absolute Gasteiger partial charge is 0.488 e. The Morgan fingerprint density at radius 2 is 1.10 bits per heavy atom. The molecule has 7 aromatic carbocycles. The fraction of sp³-hybridized carbons (Fsp3) is 0.417. The van der Waals surface area contributed by atoms with Gasteiger partial charge in [-0.1, -0.05) is 66.7 Å². The van der Waals surface area contributed by atoms with Gasteiger partial charge in [0.05, 0.1) is 66.5 Å². The standard InChI is InChI=1S/C45H47N5O6.C37H41N5O4.C2H6O/c1-45(2,3)56-44(52)50-23-28(24-53-4)17-40(50)42-46-22-38(48-42)30-12-14-32-31(18-30)26-54-41-21-33-29(19-35(32)41)13-15-36-34(33)20-37(47-36)39-11-8-16-49(39)43(51)55-25-27-9-6-5-7-10-27;1-37(2,3)46-36(43)42-18-21(19-44-4)12-33(42)35-39-17-32(41-35)23-7-9-25-24(13-23)20-45-34-16-26-22(14-28(25)34)8-10-29-27(26)15-31(40-29)30-6-5-11-38-30;1-2-3/h5-7,9-10,12-15,18-19,21-22,28,39-40H,8,11,16-17,20,23-26H2,1-4H3,(H,46,48);7-10,13-14,16-17,21,30,33,38H,5-6,11-12,15,18-20H2,1-4H3,(H,39,41);3H,2H2,1H3/t28-,39-,40-;21-,30-,33-;/m00./s1. The topological polar surface area (TPSA) is 240 Å². The highest BCUT2D eigenvalue weighted by molar-refractivity contribution is 6.07. The van der Waals surface area contributed by atoms with Gasteiger partial charge in [-0.15, -0.1) is 0 Å². The average Bonchev–Trinajstić information content (AvgIpc) is 1.74. The van der Waals surface area contributed by atoms with Crippen LogP contribution in [-0.4, -0.2) is 153 Å². The molecule has 2 aromatic heterocycles. The quantitative estimate of drug-likeness (QED) is 0.0832. The van der Waals surface area contributed by atoms with Gasteiger partial charge in [0, 0.05) is 93.7 Å². The molecule has 4 fully saturated rings. The van der Waals surface area contributed by atoms with Crippen LogP contribution in [-0.2, 0) is 56.3 Å². The van der Waals surface area contributed by atoms with Gasteiger partial charge in [0.1, 0.15) is 54.2 Å². The van der Waals surface area contributed by atoms with Crippen LogP contribution >= 0.6 is 0 Å². The SMILES string of the molecule is CCO.COC[C@H]1C[C@@H](c2ncc(-c3ccc4c(c3)COc3cc5c6c(ccc5cc3-4)N=C([C@@H]3CCCN3)C6)[nH]2)N(C(=O)OC(C)(C)C)C1.COC[C@H]1C[C@@H](c2ncc(-c3ccc4c(c3)COc3cc5c6c(ccc5cc3-4)N=C([C@@H]3CCCN3C(=O)OCc3ccccc3)C6)[nH]2)N(C(=O)OC(C)(C)C)C1. The van der Waals surface area contributed by atoms with Crippen molar-refractivity contribution in [2.24, 2.45) is 21.8 Å². The minimum absolute atomic E-state index is 0.0729. The van der Waals surface area contributed by atoms with Crippen molar-refractivity contribution in [3.8, 4) is 56.3 Å². The van der Waals surface area contributed by atoms with Crippen molar-refractivity contribution in [2.45, 2.75) is 155 Å². The van der Waals surface area contributed by atoms with E-state index >= 15 is 0 Å². The normalized spacial score (nSPS) is 20.5. The number of benzene rings is 7. The molecule has 4 N–H and O–H groups in total. The van der Waals surface area contributed by atoms with Crippen molar-refractivity contribution < 1.29 is 52.6 Å². The number of rotatable bonds is 12. The summed E-state index contributed by atoms with van der Waals surface area (Å²) in [6, 6.07) is 40.1. The highest BCUT2D eigenvalue weighted by atomic mass is 16.6. The Balaban J connectivity index is 0.000000165. The van der Waals surface area contributed by atoms with Gasteiger partial charge in [-0.3, -0.25) is 24.7 Å². The van der Waals surface area contributed by atoms with Crippen LogP contribution in [0.3, 0.4) is 0 Å². The van der Waals surface area contributed by atoms with Gasteiger partial charge in [-0.25, -0.2) is 24.4 Å². The van der Waals surface area contributed by atoms with Gasteiger partial charge in [0.15, 0.2) is 0 Å². The minimum atomic E-state index is -0.594. The lowest BCUT2D eigenvalue weighted by Crippen LogP contribution is -2.40. The van der Waals surface area contributed by atoms with Crippen LogP contribution < -0.4 is 14.8 Å². The summed E-state index contributed by atoms with van der Waals surface area (Å²) in [5.74, 6) is 3.67. The lowest BCUT2D eigenvalue weighted by Gasteiger charge is -2.27. The van der Waals surface area contributed by atoms with Gasteiger partial charge in [0.25, 0.3) is 0 Å². The van der Waals surface area contributed by atoms with Crippen molar-refractivity contribution in [2.75, 3.05) is 60.2 Å². The molecule has 546 valence electrons. The smallest absolute Gasteiger partial charge is 0.410 e. The second-order valence-corrected chi connectivity index (χ2v) is 30.8. The van der Waals surface area contributed by atoms with Crippen molar-refractivity contribution in [1.82, 2.24) is 40.0 Å². The molecule has 0 radical (unpaired) electrons. The number of likely N-dealkylation sites (tertiary alicyclic amines) is 3. The first kappa shape index (κ1) is 70.7. The summed E-state index contributed by atoms with van der Waals surface area (Å²) in [7, 11) is 3.38. The summed E-state index contributed by atoms with van der Waals surface area (Å²) in [5, 5.41) is 15.9. The number of fused-ring (bicyclic) bond motifs is 12. The van der Waals surface area contributed by atoms with Crippen LogP contribution in [0.1, 0.15) is 139 Å². The van der Waals surface area contributed by atoms with Gasteiger partial charge in [-0.05, 0) is 214 Å². The van der Waals surface area contributed by atoms with Crippen molar-refractivity contribution in [3.63, 3.8) is 0 Å². The number of nitrogens with one attached hydrogen (secondary N) is 3. The fourth-order valence-corrected chi connectivity index (χ4v) is 16.3.